The highest BCUT2D eigenvalue weighted by Crippen LogP contribution is 2.33. The summed E-state index contributed by atoms with van der Waals surface area (Å²) in [5.41, 5.74) is 2.05. The van der Waals surface area contributed by atoms with Crippen LogP contribution in [0.15, 0.2) is 48.5 Å². The zero-order valence-electron chi connectivity index (χ0n) is 18.1. The lowest BCUT2D eigenvalue weighted by atomic mass is 9.87. The topological polar surface area (TPSA) is 67.9 Å². The summed E-state index contributed by atoms with van der Waals surface area (Å²) < 4.78 is 11.3. The van der Waals surface area contributed by atoms with Gasteiger partial charge in [0.15, 0.2) is 6.10 Å². The van der Waals surface area contributed by atoms with Gasteiger partial charge >= 0.3 is 0 Å². The molecule has 6 heteroatoms. The van der Waals surface area contributed by atoms with Crippen LogP contribution in [0.25, 0.3) is 0 Å². The maximum Gasteiger partial charge on any atom is 0.267 e. The number of fused-ring (bicyclic) bond motifs is 1. The number of anilines is 1. The summed E-state index contributed by atoms with van der Waals surface area (Å²) in [4.78, 5) is 26.3. The van der Waals surface area contributed by atoms with Gasteiger partial charge < -0.3 is 19.7 Å². The Hall–Kier alpha value is -3.02. The number of hydrogen-bond donors (Lipinski definition) is 1. The maximum absolute atomic E-state index is 12.5. The average molecular weight is 411 g/mol. The molecule has 30 heavy (non-hydrogen) atoms. The van der Waals surface area contributed by atoms with Crippen LogP contribution in [0.4, 0.5) is 5.69 Å². The van der Waals surface area contributed by atoms with Gasteiger partial charge in [0.2, 0.25) is 5.91 Å². The quantitative estimate of drug-likeness (QED) is 0.707. The summed E-state index contributed by atoms with van der Waals surface area (Å²) in [6, 6.07) is 15.4. The number of nitrogens with one attached hydrogen (secondary N) is 1. The number of benzene rings is 2. The SMILES string of the molecule is CC1Oc2ccccc2N(CCC(=O)NCCOc2ccc(C(C)(C)C)cc2)C1=O. The summed E-state index contributed by atoms with van der Waals surface area (Å²) >= 11 is 0. The Morgan fingerprint density at radius 2 is 1.83 bits per heavy atom. The van der Waals surface area contributed by atoms with Crippen molar-refractivity contribution in [3.63, 3.8) is 0 Å². The van der Waals surface area contributed by atoms with E-state index in [1.807, 2.05) is 36.4 Å². The normalized spacial score (nSPS) is 15.9. The van der Waals surface area contributed by atoms with E-state index in [-0.39, 0.29) is 23.7 Å². The summed E-state index contributed by atoms with van der Waals surface area (Å²) in [7, 11) is 0. The highest BCUT2D eigenvalue weighted by atomic mass is 16.5. The molecular formula is C24H30N2O4. The Balaban J connectivity index is 1.43. The zero-order valence-corrected chi connectivity index (χ0v) is 18.1. The summed E-state index contributed by atoms with van der Waals surface area (Å²) in [6.07, 6.45) is -0.339. The third-order valence-electron chi connectivity index (χ3n) is 5.05. The molecule has 1 aliphatic rings. The Morgan fingerprint density at radius 3 is 2.53 bits per heavy atom. The van der Waals surface area contributed by atoms with Crippen LogP contribution < -0.4 is 19.7 Å². The lowest BCUT2D eigenvalue weighted by molar-refractivity contribution is -0.125. The summed E-state index contributed by atoms with van der Waals surface area (Å²) in [5.74, 6) is 1.19. The number of nitrogens with zero attached hydrogens (tertiary/aromatic N) is 1. The van der Waals surface area contributed by atoms with Crippen molar-refractivity contribution in [2.45, 2.75) is 45.6 Å². The van der Waals surface area contributed by atoms with Crippen molar-refractivity contribution in [1.29, 1.82) is 0 Å². The van der Waals surface area contributed by atoms with Gasteiger partial charge in [-0.1, -0.05) is 45.0 Å². The number of amides is 2. The molecule has 2 aromatic rings. The molecule has 0 saturated heterocycles. The Bertz CT molecular complexity index is 887. The van der Waals surface area contributed by atoms with Gasteiger partial charge in [-0.05, 0) is 42.2 Å². The highest BCUT2D eigenvalue weighted by Gasteiger charge is 2.31. The molecule has 1 atom stereocenters. The zero-order chi connectivity index (χ0) is 21.7. The molecule has 0 fully saturated rings. The first-order valence-corrected chi connectivity index (χ1v) is 10.3. The van der Waals surface area contributed by atoms with Crippen LogP contribution in [0.2, 0.25) is 0 Å². The first kappa shape index (κ1) is 21.7. The van der Waals surface area contributed by atoms with Gasteiger partial charge in [-0.3, -0.25) is 9.59 Å². The van der Waals surface area contributed by atoms with Crippen LogP contribution in [0, 0.1) is 0 Å². The van der Waals surface area contributed by atoms with Gasteiger partial charge in [-0.25, -0.2) is 0 Å². The van der Waals surface area contributed by atoms with Crippen molar-refractivity contribution < 1.29 is 19.1 Å². The maximum atomic E-state index is 12.5. The molecule has 0 radical (unpaired) electrons. The van der Waals surface area contributed by atoms with E-state index in [1.165, 1.54) is 5.56 Å². The standard InChI is InChI=1S/C24H30N2O4/c1-17-23(28)26(20-7-5-6-8-21(20)30-17)15-13-22(27)25-14-16-29-19-11-9-18(10-12-19)24(2,3)4/h5-12,17H,13-16H2,1-4H3,(H,25,27). The Kier molecular flexibility index (Phi) is 6.65. The van der Waals surface area contributed by atoms with E-state index in [4.69, 9.17) is 9.47 Å². The molecule has 6 nitrogen and oxygen atoms in total. The van der Waals surface area contributed by atoms with Crippen LogP contribution in [0.5, 0.6) is 11.5 Å². The molecule has 1 unspecified atom stereocenters. The van der Waals surface area contributed by atoms with Crippen LogP contribution in [0.1, 0.15) is 39.7 Å². The summed E-state index contributed by atoms with van der Waals surface area (Å²) in [6.45, 7) is 9.33. The van der Waals surface area contributed by atoms with Gasteiger partial charge in [0.25, 0.3) is 5.91 Å². The van der Waals surface area contributed by atoms with Crippen LogP contribution in [-0.2, 0) is 15.0 Å². The molecule has 0 spiro atoms. The molecule has 0 bridgehead atoms. The van der Waals surface area contributed by atoms with Crippen molar-refractivity contribution in [2.75, 3.05) is 24.6 Å². The van der Waals surface area contributed by atoms with Gasteiger partial charge in [0.05, 0.1) is 12.2 Å². The Morgan fingerprint density at radius 1 is 1.13 bits per heavy atom. The number of para-hydroxylation sites is 2. The molecule has 0 aromatic heterocycles. The first-order valence-electron chi connectivity index (χ1n) is 10.3. The van der Waals surface area contributed by atoms with Crippen molar-refractivity contribution >= 4 is 17.5 Å². The van der Waals surface area contributed by atoms with Crippen LogP contribution in [0.3, 0.4) is 0 Å². The highest BCUT2D eigenvalue weighted by molar-refractivity contribution is 6.00. The summed E-state index contributed by atoms with van der Waals surface area (Å²) in [5, 5.41) is 2.84. The van der Waals surface area contributed by atoms with E-state index >= 15 is 0 Å². The molecule has 1 N–H and O–H groups in total. The molecule has 160 valence electrons. The number of rotatable bonds is 7. The number of carbonyl (C=O) groups is 2. The third-order valence-corrected chi connectivity index (χ3v) is 5.05. The van der Waals surface area contributed by atoms with Gasteiger partial charge in [-0.15, -0.1) is 0 Å². The molecule has 1 heterocycles. The minimum absolute atomic E-state index is 0.104. The van der Waals surface area contributed by atoms with Crippen LogP contribution >= 0.6 is 0 Å². The van der Waals surface area contributed by atoms with Crippen molar-refractivity contribution in [2.24, 2.45) is 0 Å². The van der Waals surface area contributed by atoms with Crippen molar-refractivity contribution in [3.05, 3.63) is 54.1 Å². The molecule has 2 amide bonds. The minimum atomic E-state index is -0.555. The third kappa shape index (κ3) is 5.32. The van der Waals surface area contributed by atoms with E-state index < -0.39 is 6.10 Å². The molecule has 1 aliphatic heterocycles. The van der Waals surface area contributed by atoms with E-state index in [1.54, 1.807) is 11.8 Å². The smallest absolute Gasteiger partial charge is 0.267 e. The largest absolute Gasteiger partial charge is 0.492 e. The average Bonchev–Trinajstić information content (AvgIpc) is 2.71. The van der Waals surface area contributed by atoms with Crippen molar-refractivity contribution in [3.8, 4) is 11.5 Å². The predicted octanol–water partition coefficient (Wildman–Crippen LogP) is 3.68. The number of carbonyl (C=O) groups excluding carboxylic acids is 2. The fourth-order valence-corrected chi connectivity index (χ4v) is 3.30. The fraction of sp³-hybridized carbons (Fsp3) is 0.417. The van der Waals surface area contributed by atoms with E-state index in [9.17, 15) is 9.59 Å². The van der Waals surface area contributed by atoms with Gasteiger partial charge in [-0.2, -0.15) is 0 Å². The second kappa shape index (κ2) is 9.20. The minimum Gasteiger partial charge on any atom is -0.492 e. The molecule has 3 rings (SSSR count). The van der Waals surface area contributed by atoms with Gasteiger partial charge in [0, 0.05) is 13.0 Å². The monoisotopic (exact) mass is 410 g/mol. The molecular weight excluding hydrogens is 380 g/mol. The molecule has 0 aliphatic carbocycles. The van der Waals surface area contributed by atoms with E-state index in [2.05, 4.69) is 38.2 Å². The second-order valence-corrected chi connectivity index (χ2v) is 8.44. The molecule has 2 aromatic carbocycles. The van der Waals surface area contributed by atoms with E-state index in [0.717, 1.165) is 5.75 Å². The van der Waals surface area contributed by atoms with Gasteiger partial charge in [0.1, 0.15) is 18.1 Å². The molecule has 0 saturated carbocycles. The first-order chi connectivity index (χ1) is 14.3. The van der Waals surface area contributed by atoms with E-state index in [0.29, 0.717) is 31.1 Å². The lowest BCUT2D eigenvalue weighted by Gasteiger charge is -2.32. The Labute approximate surface area is 178 Å². The van der Waals surface area contributed by atoms with Crippen molar-refractivity contribution in [1.82, 2.24) is 5.32 Å². The van der Waals surface area contributed by atoms with Crippen LogP contribution in [-0.4, -0.2) is 37.6 Å². The predicted molar refractivity (Wildman–Crippen MR) is 117 cm³/mol. The lowest BCUT2D eigenvalue weighted by Crippen LogP contribution is -2.45. The number of hydrogen-bond acceptors (Lipinski definition) is 4. The fourth-order valence-electron chi connectivity index (χ4n) is 3.30. The second-order valence-electron chi connectivity index (χ2n) is 8.44. The number of ether oxygens (including phenoxy) is 2.